The van der Waals surface area contributed by atoms with Gasteiger partial charge in [-0.25, -0.2) is 0 Å². The van der Waals surface area contributed by atoms with Crippen LogP contribution in [0.2, 0.25) is 0 Å². The van der Waals surface area contributed by atoms with Crippen LogP contribution >= 0.6 is 11.3 Å². The lowest BCUT2D eigenvalue weighted by atomic mass is 10.2. The van der Waals surface area contributed by atoms with Crippen molar-refractivity contribution in [3.63, 3.8) is 0 Å². The summed E-state index contributed by atoms with van der Waals surface area (Å²) in [6.07, 6.45) is -0.0325. The largest absolute Gasteiger partial charge is 0.497 e. The van der Waals surface area contributed by atoms with Crippen LogP contribution in [0.1, 0.15) is 29.1 Å². The fourth-order valence-electron chi connectivity index (χ4n) is 2.51. The Hall–Kier alpha value is -2.53. The maximum Gasteiger partial charge on any atom is 0.269 e. The molecular weight excluding hydrogens is 334 g/mol. The average Bonchev–Trinajstić information content (AvgIpc) is 2.94. The van der Waals surface area contributed by atoms with Crippen LogP contribution in [0.25, 0.3) is 10.1 Å². The molecule has 130 valence electrons. The van der Waals surface area contributed by atoms with Crippen molar-refractivity contribution >= 4 is 33.0 Å². The van der Waals surface area contributed by atoms with Crippen LogP contribution in [0.15, 0.2) is 42.5 Å². The second-order valence-corrected chi connectivity index (χ2v) is 7.16. The summed E-state index contributed by atoms with van der Waals surface area (Å²) in [4.78, 5) is 13.4. The Morgan fingerprint density at radius 3 is 2.48 bits per heavy atom. The van der Waals surface area contributed by atoms with Crippen LogP contribution < -0.4 is 14.8 Å². The Balaban J connectivity index is 2.01. The minimum absolute atomic E-state index is 0.0325. The Morgan fingerprint density at radius 1 is 1.12 bits per heavy atom. The summed E-state index contributed by atoms with van der Waals surface area (Å²) in [6.45, 7) is 5.91. The molecule has 0 saturated heterocycles. The molecule has 1 heterocycles. The summed E-state index contributed by atoms with van der Waals surface area (Å²) in [5.74, 6) is 1.18. The molecule has 25 heavy (non-hydrogen) atoms. The van der Waals surface area contributed by atoms with Crippen LogP contribution in [-0.2, 0) is 0 Å². The molecule has 0 radical (unpaired) electrons. The minimum atomic E-state index is -0.167. The van der Waals surface area contributed by atoms with Gasteiger partial charge in [-0.15, -0.1) is 11.3 Å². The van der Waals surface area contributed by atoms with Gasteiger partial charge in [0.05, 0.1) is 13.2 Å². The van der Waals surface area contributed by atoms with E-state index in [0.717, 1.165) is 27.1 Å². The normalized spacial score (nSPS) is 10.9. The summed E-state index contributed by atoms with van der Waals surface area (Å²) in [7, 11) is 1.63. The topological polar surface area (TPSA) is 47.6 Å². The molecule has 1 N–H and O–H groups in total. The number of aryl methyl sites for hydroxylation is 1. The number of carbonyl (C=O) groups excluding carboxylic acids is 1. The first-order valence-corrected chi connectivity index (χ1v) is 8.95. The number of methoxy groups -OCH3 is 1. The molecule has 0 bridgehead atoms. The van der Waals surface area contributed by atoms with E-state index >= 15 is 0 Å². The highest BCUT2D eigenvalue weighted by molar-refractivity contribution is 7.21. The van der Waals surface area contributed by atoms with E-state index in [0.29, 0.717) is 10.6 Å². The summed E-state index contributed by atoms with van der Waals surface area (Å²) in [6, 6.07) is 13.5. The van der Waals surface area contributed by atoms with Crippen molar-refractivity contribution in [1.82, 2.24) is 0 Å². The lowest BCUT2D eigenvalue weighted by Gasteiger charge is -2.12. The summed E-state index contributed by atoms with van der Waals surface area (Å²) in [5, 5.41) is 3.84. The molecule has 0 aliphatic rings. The first-order valence-electron chi connectivity index (χ1n) is 8.13. The zero-order valence-corrected chi connectivity index (χ0v) is 15.6. The van der Waals surface area contributed by atoms with E-state index in [1.807, 2.05) is 63.2 Å². The van der Waals surface area contributed by atoms with Crippen LogP contribution in [0, 0.1) is 6.92 Å². The number of ether oxygens (including phenoxy) is 2. The molecule has 1 aromatic heterocycles. The highest BCUT2D eigenvalue weighted by atomic mass is 32.1. The molecule has 0 aliphatic carbocycles. The van der Waals surface area contributed by atoms with Crippen molar-refractivity contribution in [2.24, 2.45) is 0 Å². The van der Waals surface area contributed by atoms with E-state index in [1.54, 1.807) is 7.11 Å². The quantitative estimate of drug-likeness (QED) is 0.679. The number of hydrogen-bond acceptors (Lipinski definition) is 4. The van der Waals surface area contributed by atoms with Gasteiger partial charge in [-0.3, -0.25) is 4.79 Å². The van der Waals surface area contributed by atoms with Crippen LogP contribution in [0.4, 0.5) is 5.69 Å². The van der Waals surface area contributed by atoms with Crippen LogP contribution in [0.5, 0.6) is 11.5 Å². The van der Waals surface area contributed by atoms with E-state index in [-0.39, 0.29) is 12.0 Å². The second-order valence-electron chi connectivity index (χ2n) is 6.11. The molecule has 0 unspecified atom stereocenters. The fourth-order valence-corrected chi connectivity index (χ4v) is 3.52. The van der Waals surface area contributed by atoms with Crippen molar-refractivity contribution in [1.29, 1.82) is 0 Å². The third kappa shape index (κ3) is 3.77. The monoisotopic (exact) mass is 355 g/mol. The maximum absolute atomic E-state index is 12.8. The van der Waals surface area contributed by atoms with Gasteiger partial charge in [-0.05, 0) is 51.1 Å². The van der Waals surface area contributed by atoms with Gasteiger partial charge in [0.2, 0.25) is 0 Å². The van der Waals surface area contributed by atoms with Gasteiger partial charge in [0.1, 0.15) is 10.6 Å². The van der Waals surface area contributed by atoms with E-state index in [9.17, 15) is 4.79 Å². The first-order chi connectivity index (χ1) is 12.0. The van der Waals surface area contributed by atoms with Gasteiger partial charge >= 0.3 is 0 Å². The van der Waals surface area contributed by atoms with E-state index in [2.05, 4.69) is 5.32 Å². The Bertz CT molecular complexity index is 897. The highest BCUT2D eigenvalue weighted by Crippen LogP contribution is 2.40. The lowest BCUT2D eigenvalue weighted by molar-refractivity contribution is 0.102. The second kappa shape index (κ2) is 7.15. The molecule has 0 atom stereocenters. The maximum atomic E-state index is 12.8. The molecule has 4 nitrogen and oxygen atoms in total. The number of amides is 1. The number of nitrogens with one attached hydrogen (secondary N) is 1. The molecule has 5 heteroatoms. The number of thiophene rings is 1. The standard InChI is InChI=1S/C20H21NO3S/c1-12(2)24-18-16-11-15(23-4)9-10-17(16)25-19(18)20(22)21-14-7-5-13(3)6-8-14/h5-12H,1-4H3,(H,21,22). The van der Waals surface area contributed by atoms with Gasteiger partial charge in [0.15, 0.2) is 5.75 Å². The van der Waals surface area contributed by atoms with Gasteiger partial charge in [-0.2, -0.15) is 0 Å². The van der Waals surface area contributed by atoms with Crippen molar-refractivity contribution in [3.8, 4) is 11.5 Å². The number of benzene rings is 2. The third-order valence-electron chi connectivity index (χ3n) is 3.72. The van der Waals surface area contributed by atoms with Crippen LogP contribution in [-0.4, -0.2) is 19.1 Å². The van der Waals surface area contributed by atoms with Gasteiger partial charge in [0.25, 0.3) is 5.91 Å². The summed E-state index contributed by atoms with van der Waals surface area (Å²) < 4.78 is 12.3. The SMILES string of the molecule is COc1ccc2sc(C(=O)Nc3ccc(C)cc3)c(OC(C)C)c2c1. The molecule has 0 spiro atoms. The smallest absolute Gasteiger partial charge is 0.269 e. The Labute approximate surface area is 151 Å². The number of rotatable bonds is 5. The third-order valence-corrected chi connectivity index (χ3v) is 4.87. The van der Waals surface area contributed by atoms with E-state index in [4.69, 9.17) is 9.47 Å². The predicted molar refractivity (Wildman–Crippen MR) is 103 cm³/mol. The zero-order chi connectivity index (χ0) is 18.0. The zero-order valence-electron chi connectivity index (χ0n) is 14.8. The summed E-state index contributed by atoms with van der Waals surface area (Å²) >= 11 is 1.42. The Kier molecular flexibility index (Phi) is 4.95. The molecule has 0 fully saturated rings. The molecule has 3 rings (SSSR count). The predicted octanol–water partition coefficient (Wildman–Crippen LogP) is 5.26. The minimum Gasteiger partial charge on any atom is -0.497 e. The van der Waals surface area contributed by atoms with Crippen molar-refractivity contribution in [2.45, 2.75) is 26.9 Å². The number of anilines is 1. The highest BCUT2D eigenvalue weighted by Gasteiger charge is 2.21. The van der Waals surface area contributed by atoms with E-state index in [1.165, 1.54) is 11.3 Å². The van der Waals surface area contributed by atoms with E-state index < -0.39 is 0 Å². The average molecular weight is 355 g/mol. The van der Waals surface area contributed by atoms with Crippen molar-refractivity contribution in [3.05, 3.63) is 52.9 Å². The molecule has 0 saturated carbocycles. The molecule has 1 amide bonds. The molecular formula is C20H21NO3S. The van der Waals surface area contributed by atoms with Gasteiger partial charge in [0, 0.05) is 15.8 Å². The number of carbonyl (C=O) groups is 1. The first kappa shape index (κ1) is 17.3. The molecule has 0 aliphatic heterocycles. The van der Waals surface area contributed by atoms with Gasteiger partial charge < -0.3 is 14.8 Å². The van der Waals surface area contributed by atoms with Crippen molar-refractivity contribution in [2.75, 3.05) is 12.4 Å². The number of fused-ring (bicyclic) bond motifs is 1. The fraction of sp³-hybridized carbons (Fsp3) is 0.250. The van der Waals surface area contributed by atoms with Gasteiger partial charge in [-0.1, -0.05) is 17.7 Å². The number of hydrogen-bond donors (Lipinski definition) is 1. The summed E-state index contributed by atoms with van der Waals surface area (Å²) in [5.41, 5.74) is 1.91. The lowest BCUT2D eigenvalue weighted by Crippen LogP contribution is -2.13. The Morgan fingerprint density at radius 2 is 1.84 bits per heavy atom. The van der Waals surface area contributed by atoms with Crippen molar-refractivity contribution < 1.29 is 14.3 Å². The molecule has 3 aromatic rings. The van der Waals surface area contributed by atoms with Crippen LogP contribution in [0.3, 0.4) is 0 Å². The molecule has 2 aromatic carbocycles.